The minimum Gasteiger partial charge on any atom is -0.481 e. The number of hydrogen-bond donors (Lipinski definition) is 2. The van der Waals surface area contributed by atoms with Crippen LogP contribution in [0.4, 0.5) is 5.69 Å². The molecule has 0 radical (unpaired) electrons. The minimum atomic E-state index is -0.586. The smallest absolute Gasteiger partial charge is 0.311 e. The molecule has 0 saturated heterocycles. The third-order valence-corrected chi connectivity index (χ3v) is 2.44. The molecule has 0 heterocycles. The summed E-state index contributed by atoms with van der Waals surface area (Å²) in [5.74, 6) is -0.0984. The zero-order chi connectivity index (χ0) is 15.1. The van der Waals surface area contributed by atoms with Crippen LogP contribution in [0, 0.1) is 10.1 Å². The number of nitrogens with two attached hydrogens (primary N) is 1. The van der Waals surface area contributed by atoms with Gasteiger partial charge in [-0.05, 0) is 26.0 Å². The summed E-state index contributed by atoms with van der Waals surface area (Å²) in [6, 6.07) is 4.08. The Labute approximate surface area is 115 Å². The van der Waals surface area contributed by atoms with Crippen molar-refractivity contribution < 1.29 is 19.6 Å². The molecule has 8 nitrogen and oxygen atoms in total. The van der Waals surface area contributed by atoms with Crippen molar-refractivity contribution in [3.8, 4) is 5.75 Å². The number of hydrogen-bond acceptors (Lipinski definition) is 6. The second-order valence-electron chi connectivity index (χ2n) is 4.01. The van der Waals surface area contributed by atoms with Gasteiger partial charge in [-0.2, -0.15) is 0 Å². The summed E-state index contributed by atoms with van der Waals surface area (Å²) >= 11 is 0. The second kappa shape index (κ2) is 7.29. The molecule has 0 bridgehead atoms. The van der Waals surface area contributed by atoms with E-state index in [0.29, 0.717) is 13.2 Å². The van der Waals surface area contributed by atoms with Gasteiger partial charge in [0.1, 0.15) is 6.10 Å². The van der Waals surface area contributed by atoms with Gasteiger partial charge < -0.3 is 20.4 Å². The zero-order valence-electron chi connectivity index (χ0n) is 11.3. The highest BCUT2D eigenvalue weighted by Gasteiger charge is 2.19. The highest BCUT2D eigenvalue weighted by molar-refractivity contribution is 5.97. The van der Waals surface area contributed by atoms with Gasteiger partial charge in [-0.1, -0.05) is 5.16 Å². The van der Waals surface area contributed by atoms with Gasteiger partial charge in [0.15, 0.2) is 11.6 Å². The van der Waals surface area contributed by atoms with Crippen molar-refractivity contribution in [2.75, 3.05) is 13.2 Å². The van der Waals surface area contributed by atoms with Crippen LogP contribution in [0.1, 0.15) is 19.4 Å². The van der Waals surface area contributed by atoms with E-state index in [0.717, 1.165) is 0 Å². The molecule has 1 unspecified atom stereocenters. The van der Waals surface area contributed by atoms with Crippen LogP contribution in [-0.2, 0) is 4.74 Å². The van der Waals surface area contributed by atoms with Crippen molar-refractivity contribution in [3.05, 3.63) is 33.9 Å². The van der Waals surface area contributed by atoms with Gasteiger partial charge in [0.2, 0.25) is 0 Å². The Balaban J connectivity index is 2.99. The van der Waals surface area contributed by atoms with Crippen molar-refractivity contribution >= 4 is 11.5 Å². The predicted octanol–water partition coefficient (Wildman–Crippen LogP) is 1.49. The van der Waals surface area contributed by atoms with Gasteiger partial charge >= 0.3 is 5.69 Å². The molecular weight excluding hydrogens is 266 g/mol. The van der Waals surface area contributed by atoms with Crippen LogP contribution >= 0.6 is 0 Å². The molecule has 20 heavy (non-hydrogen) atoms. The highest BCUT2D eigenvalue weighted by Crippen LogP contribution is 2.28. The first-order valence-corrected chi connectivity index (χ1v) is 6.00. The molecule has 0 aromatic heterocycles. The van der Waals surface area contributed by atoms with Gasteiger partial charge in [-0.15, -0.1) is 0 Å². The standard InChI is InChI=1S/C12H17N3O5/c1-3-19-7-8(2)20-11-5-4-9(12(13)14-16)6-10(11)15(17)18/h4-6,8,16H,3,7H2,1-2H3,(H2,13,14). The molecule has 8 heteroatoms. The van der Waals surface area contributed by atoms with E-state index >= 15 is 0 Å². The van der Waals surface area contributed by atoms with Gasteiger partial charge in [-0.25, -0.2) is 0 Å². The summed E-state index contributed by atoms with van der Waals surface area (Å²) in [6.45, 7) is 4.46. The van der Waals surface area contributed by atoms with E-state index in [1.165, 1.54) is 18.2 Å². The fourth-order valence-corrected chi connectivity index (χ4v) is 1.51. The first-order valence-electron chi connectivity index (χ1n) is 6.00. The lowest BCUT2D eigenvalue weighted by Crippen LogP contribution is -2.20. The van der Waals surface area contributed by atoms with Crippen LogP contribution < -0.4 is 10.5 Å². The van der Waals surface area contributed by atoms with Gasteiger partial charge in [-0.3, -0.25) is 10.1 Å². The quantitative estimate of drug-likeness (QED) is 0.257. The van der Waals surface area contributed by atoms with E-state index in [1.54, 1.807) is 6.92 Å². The summed E-state index contributed by atoms with van der Waals surface area (Å²) < 4.78 is 10.6. The molecule has 110 valence electrons. The predicted molar refractivity (Wildman–Crippen MR) is 72.2 cm³/mol. The maximum Gasteiger partial charge on any atom is 0.311 e. The zero-order valence-corrected chi connectivity index (χ0v) is 11.3. The number of nitro groups is 1. The molecule has 0 aliphatic rings. The number of oxime groups is 1. The van der Waals surface area contributed by atoms with Gasteiger partial charge in [0.05, 0.1) is 11.5 Å². The average Bonchev–Trinajstić information content (AvgIpc) is 2.44. The molecule has 1 aromatic carbocycles. The lowest BCUT2D eigenvalue weighted by Gasteiger charge is -2.14. The molecule has 0 saturated carbocycles. The number of ether oxygens (including phenoxy) is 2. The lowest BCUT2D eigenvalue weighted by molar-refractivity contribution is -0.386. The van der Waals surface area contributed by atoms with E-state index in [1.807, 2.05) is 6.92 Å². The van der Waals surface area contributed by atoms with E-state index in [-0.39, 0.29) is 28.9 Å². The number of nitrogens with zero attached hydrogens (tertiary/aromatic N) is 2. The molecule has 0 fully saturated rings. The van der Waals surface area contributed by atoms with Crippen molar-refractivity contribution in [1.29, 1.82) is 0 Å². The van der Waals surface area contributed by atoms with Gasteiger partial charge in [0.25, 0.3) is 0 Å². The molecule has 1 atom stereocenters. The Morgan fingerprint density at radius 1 is 1.60 bits per heavy atom. The molecule has 3 N–H and O–H groups in total. The SMILES string of the molecule is CCOCC(C)Oc1ccc(/C(N)=N/O)cc1[N+](=O)[O-]. The third kappa shape index (κ3) is 4.09. The second-order valence-corrected chi connectivity index (χ2v) is 4.01. The third-order valence-electron chi connectivity index (χ3n) is 2.44. The van der Waals surface area contributed by atoms with Crippen LogP contribution in [-0.4, -0.2) is 35.3 Å². The molecule has 1 aromatic rings. The summed E-state index contributed by atoms with van der Waals surface area (Å²) in [6.07, 6.45) is -0.330. The maximum atomic E-state index is 11.0. The Morgan fingerprint density at radius 3 is 2.85 bits per heavy atom. The van der Waals surface area contributed by atoms with E-state index in [2.05, 4.69) is 5.16 Å². The van der Waals surface area contributed by atoms with Crippen LogP contribution in [0.25, 0.3) is 0 Å². The lowest BCUT2D eigenvalue weighted by atomic mass is 10.1. The first-order chi connectivity index (χ1) is 9.49. The number of nitro benzene ring substituents is 1. The van der Waals surface area contributed by atoms with E-state index in [4.69, 9.17) is 20.4 Å². The molecule has 0 amide bonds. The molecule has 0 aliphatic heterocycles. The topological polar surface area (TPSA) is 120 Å². The van der Waals surface area contributed by atoms with Crippen LogP contribution in [0.5, 0.6) is 5.75 Å². The number of amidine groups is 1. The Kier molecular flexibility index (Phi) is 5.73. The molecule has 0 spiro atoms. The van der Waals surface area contributed by atoms with E-state index in [9.17, 15) is 10.1 Å². The maximum absolute atomic E-state index is 11.0. The monoisotopic (exact) mass is 283 g/mol. The fraction of sp³-hybridized carbons (Fsp3) is 0.417. The average molecular weight is 283 g/mol. The van der Waals surface area contributed by atoms with Crippen LogP contribution in [0.3, 0.4) is 0 Å². The van der Waals surface area contributed by atoms with Crippen LogP contribution in [0.2, 0.25) is 0 Å². The molecule has 1 rings (SSSR count). The normalized spacial score (nSPS) is 13.0. The summed E-state index contributed by atoms with van der Waals surface area (Å²) in [7, 11) is 0. The largest absolute Gasteiger partial charge is 0.481 e. The Bertz CT molecular complexity index is 504. The number of benzene rings is 1. The fourth-order valence-electron chi connectivity index (χ4n) is 1.51. The van der Waals surface area contributed by atoms with Crippen molar-refractivity contribution in [3.63, 3.8) is 0 Å². The Hall–Kier alpha value is -2.35. The molecular formula is C12H17N3O5. The Morgan fingerprint density at radius 2 is 2.30 bits per heavy atom. The van der Waals surface area contributed by atoms with Gasteiger partial charge in [0, 0.05) is 18.2 Å². The highest BCUT2D eigenvalue weighted by atomic mass is 16.6. The number of rotatable bonds is 7. The minimum absolute atomic E-state index is 0.108. The van der Waals surface area contributed by atoms with Crippen LogP contribution in [0.15, 0.2) is 23.4 Å². The van der Waals surface area contributed by atoms with E-state index < -0.39 is 4.92 Å². The first kappa shape index (κ1) is 15.7. The summed E-state index contributed by atoms with van der Waals surface area (Å²) in [5, 5.41) is 22.4. The van der Waals surface area contributed by atoms with Crippen molar-refractivity contribution in [2.24, 2.45) is 10.9 Å². The summed E-state index contributed by atoms with van der Waals surface area (Å²) in [4.78, 5) is 10.4. The van der Waals surface area contributed by atoms with Crippen molar-refractivity contribution in [2.45, 2.75) is 20.0 Å². The molecule has 0 aliphatic carbocycles. The van der Waals surface area contributed by atoms with Crippen molar-refractivity contribution in [1.82, 2.24) is 0 Å². The summed E-state index contributed by atoms with van der Waals surface area (Å²) in [5.41, 5.74) is 5.38.